The van der Waals surface area contributed by atoms with Crippen molar-refractivity contribution in [1.82, 2.24) is 4.98 Å². The van der Waals surface area contributed by atoms with E-state index < -0.39 is 5.41 Å². The van der Waals surface area contributed by atoms with Crippen molar-refractivity contribution in [2.24, 2.45) is 5.73 Å². The number of aliphatic hydroxyl groups excluding tert-OH is 1. The van der Waals surface area contributed by atoms with Gasteiger partial charge < -0.3 is 10.8 Å². The van der Waals surface area contributed by atoms with Crippen LogP contribution in [-0.2, 0) is 11.8 Å². The zero-order chi connectivity index (χ0) is 13.0. The lowest BCUT2D eigenvalue weighted by Crippen LogP contribution is -2.41. The molecule has 0 saturated heterocycles. The molecule has 0 radical (unpaired) electrons. The Morgan fingerprint density at radius 1 is 1.39 bits per heavy atom. The Bertz CT molecular complexity index is 497. The number of aliphatic hydroxyl groups is 1. The van der Waals surface area contributed by atoms with Crippen LogP contribution in [0.5, 0.6) is 0 Å². The lowest BCUT2D eigenvalue weighted by Gasteiger charge is -2.30. The van der Waals surface area contributed by atoms with Gasteiger partial charge in [0.15, 0.2) is 0 Å². The lowest BCUT2D eigenvalue weighted by molar-refractivity contribution is 0.192. The molecule has 0 bridgehead atoms. The topological polar surface area (TPSA) is 59.1 Å². The number of thiazole rings is 1. The molecule has 1 aromatic heterocycles. The van der Waals surface area contributed by atoms with Gasteiger partial charge in [-0.15, -0.1) is 11.3 Å². The average Bonchev–Trinajstić information content (AvgIpc) is 2.90. The van der Waals surface area contributed by atoms with Crippen LogP contribution in [0.2, 0.25) is 0 Å². The van der Waals surface area contributed by atoms with Crippen LogP contribution >= 0.6 is 11.3 Å². The summed E-state index contributed by atoms with van der Waals surface area (Å²) in [5.41, 5.74) is 5.43. The van der Waals surface area contributed by atoms with Gasteiger partial charge >= 0.3 is 0 Å². The highest BCUT2D eigenvalue weighted by Crippen LogP contribution is 2.30. The van der Waals surface area contributed by atoms with Crippen molar-refractivity contribution in [3.63, 3.8) is 0 Å². The van der Waals surface area contributed by atoms with Gasteiger partial charge in [-0.1, -0.05) is 18.2 Å². The summed E-state index contributed by atoms with van der Waals surface area (Å²) in [5.74, 6) is -0.339. The molecular formula is C13H15FN2OS. The number of nitrogens with zero attached hydrogens (tertiary/aromatic N) is 1. The van der Waals surface area contributed by atoms with Crippen LogP contribution in [0.15, 0.2) is 35.8 Å². The molecule has 0 saturated carbocycles. The number of rotatable bonds is 5. The largest absolute Gasteiger partial charge is 0.395 e. The van der Waals surface area contributed by atoms with Crippen LogP contribution in [0.1, 0.15) is 10.6 Å². The molecule has 2 rings (SSSR count). The third-order valence-electron chi connectivity index (χ3n) is 3.11. The van der Waals surface area contributed by atoms with E-state index in [1.54, 1.807) is 24.4 Å². The zero-order valence-corrected chi connectivity index (χ0v) is 10.7. The van der Waals surface area contributed by atoms with Crippen LogP contribution in [-0.4, -0.2) is 23.2 Å². The highest BCUT2D eigenvalue weighted by atomic mass is 32.1. The Morgan fingerprint density at radius 2 is 2.17 bits per heavy atom. The second kappa shape index (κ2) is 5.56. The summed E-state index contributed by atoms with van der Waals surface area (Å²) in [6.07, 6.45) is 2.14. The normalized spacial score (nSPS) is 14.4. The van der Waals surface area contributed by atoms with Gasteiger partial charge in [-0.25, -0.2) is 9.37 Å². The fraction of sp³-hybridized carbons (Fsp3) is 0.308. The van der Waals surface area contributed by atoms with Crippen LogP contribution in [0, 0.1) is 5.82 Å². The van der Waals surface area contributed by atoms with E-state index in [9.17, 15) is 9.50 Å². The Kier molecular flexibility index (Phi) is 4.06. The summed E-state index contributed by atoms with van der Waals surface area (Å²) in [4.78, 5) is 4.18. The van der Waals surface area contributed by atoms with Crippen LogP contribution in [0.4, 0.5) is 4.39 Å². The number of hydrogen-bond donors (Lipinski definition) is 2. The summed E-state index contributed by atoms with van der Waals surface area (Å²) >= 11 is 1.48. The minimum Gasteiger partial charge on any atom is -0.395 e. The minimum atomic E-state index is -0.802. The number of halogens is 1. The maximum Gasteiger partial charge on any atom is 0.127 e. The quantitative estimate of drug-likeness (QED) is 0.866. The third-order valence-corrected chi connectivity index (χ3v) is 3.89. The van der Waals surface area contributed by atoms with Gasteiger partial charge in [-0.2, -0.15) is 0 Å². The first kappa shape index (κ1) is 13.1. The standard InChI is InChI=1S/C13H15FN2OS/c14-11-4-2-1-3-10(11)13(8-15,9-17)7-12-16-5-6-18-12/h1-6,17H,7-9,15H2. The Hall–Kier alpha value is -1.30. The first-order valence-electron chi connectivity index (χ1n) is 5.66. The molecule has 1 atom stereocenters. The van der Waals surface area contributed by atoms with E-state index in [0.29, 0.717) is 12.0 Å². The molecule has 0 amide bonds. The van der Waals surface area contributed by atoms with E-state index in [1.807, 2.05) is 5.38 Å². The molecular weight excluding hydrogens is 251 g/mol. The molecule has 1 aromatic carbocycles. The van der Waals surface area contributed by atoms with Gasteiger partial charge in [0.25, 0.3) is 0 Å². The maximum atomic E-state index is 13.9. The van der Waals surface area contributed by atoms with Crippen molar-refractivity contribution in [2.45, 2.75) is 11.8 Å². The molecule has 0 aliphatic heterocycles. The summed E-state index contributed by atoms with van der Waals surface area (Å²) < 4.78 is 13.9. The van der Waals surface area contributed by atoms with Crippen molar-refractivity contribution < 1.29 is 9.50 Å². The summed E-state index contributed by atoms with van der Waals surface area (Å²) in [5, 5.41) is 12.4. The highest BCUT2D eigenvalue weighted by Gasteiger charge is 2.33. The second-order valence-electron chi connectivity index (χ2n) is 4.23. The highest BCUT2D eigenvalue weighted by molar-refractivity contribution is 7.09. The molecule has 0 fully saturated rings. The fourth-order valence-corrected chi connectivity index (χ4v) is 2.76. The number of nitrogens with two attached hydrogens (primary N) is 1. The van der Waals surface area contributed by atoms with Gasteiger partial charge in [0.1, 0.15) is 5.82 Å². The van der Waals surface area contributed by atoms with E-state index >= 15 is 0 Å². The van der Waals surface area contributed by atoms with E-state index in [-0.39, 0.29) is 19.0 Å². The first-order valence-corrected chi connectivity index (χ1v) is 6.54. The Morgan fingerprint density at radius 3 is 2.72 bits per heavy atom. The molecule has 0 aliphatic rings. The van der Waals surface area contributed by atoms with Crippen molar-refractivity contribution in [2.75, 3.05) is 13.2 Å². The predicted molar refractivity (Wildman–Crippen MR) is 70.0 cm³/mol. The molecule has 3 nitrogen and oxygen atoms in total. The number of aromatic nitrogens is 1. The third kappa shape index (κ3) is 2.43. The number of hydrogen-bond acceptors (Lipinski definition) is 4. The molecule has 0 aliphatic carbocycles. The molecule has 0 spiro atoms. The van der Waals surface area contributed by atoms with Gasteiger partial charge in [0, 0.05) is 30.0 Å². The van der Waals surface area contributed by atoms with E-state index in [1.165, 1.54) is 17.4 Å². The minimum absolute atomic E-state index is 0.171. The first-order chi connectivity index (χ1) is 8.72. The van der Waals surface area contributed by atoms with Crippen molar-refractivity contribution in [3.05, 3.63) is 52.2 Å². The molecule has 18 heavy (non-hydrogen) atoms. The molecule has 1 heterocycles. The summed E-state index contributed by atoms with van der Waals surface area (Å²) in [7, 11) is 0. The monoisotopic (exact) mass is 266 g/mol. The molecule has 3 N–H and O–H groups in total. The molecule has 5 heteroatoms. The maximum absolute atomic E-state index is 13.9. The van der Waals surface area contributed by atoms with Crippen LogP contribution in [0.25, 0.3) is 0 Å². The summed E-state index contributed by atoms with van der Waals surface area (Å²) in [6, 6.07) is 6.44. The Labute approximate surface area is 109 Å². The SMILES string of the molecule is NCC(CO)(Cc1nccs1)c1ccccc1F. The Balaban J connectivity index is 2.40. The zero-order valence-electron chi connectivity index (χ0n) is 9.84. The van der Waals surface area contributed by atoms with Crippen LogP contribution < -0.4 is 5.73 Å². The predicted octanol–water partition coefficient (Wildman–Crippen LogP) is 1.71. The second-order valence-corrected chi connectivity index (χ2v) is 5.20. The smallest absolute Gasteiger partial charge is 0.127 e. The van der Waals surface area contributed by atoms with Gasteiger partial charge in [-0.05, 0) is 11.6 Å². The molecule has 2 aromatic rings. The molecule has 1 unspecified atom stereocenters. The fourth-order valence-electron chi connectivity index (χ4n) is 2.00. The van der Waals surface area contributed by atoms with Gasteiger partial charge in [0.2, 0.25) is 0 Å². The van der Waals surface area contributed by atoms with Gasteiger partial charge in [0.05, 0.1) is 11.6 Å². The van der Waals surface area contributed by atoms with Crippen molar-refractivity contribution >= 4 is 11.3 Å². The van der Waals surface area contributed by atoms with E-state index in [4.69, 9.17) is 5.73 Å². The lowest BCUT2D eigenvalue weighted by atomic mass is 9.78. The van der Waals surface area contributed by atoms with Crippen molar-refractivity contribution in [3.8, 4) is 0 Å². The van der Waals surface area contributed by atoms with E-state index in [2.05, 4.69) is 4.98 Å². The van der Waals surface area contributed by atoms with Crippen LogP contribution in [0.3, 0.4) is 0 Å². The van der Waals surface area contributed by atoms with E-state index in [0.717, 1.165) is 5.01 Å². The van der Waals surface area contributed by atoms with Gasteiger partial charge in [-0.3, -0.25) is 0 Å². The summed E-state index contributed by atoms with van der Waals surface area (Å²) in [6.45, 7) is -0.0337. The number of benzene rings is 1. The average molecular weight is 266 g/mol. The van der Waals surface area contributed by atoms with Crippen molar-refractivity contribution in [1.29, 1.82) is 0 Å². The molecule has 96 valence electrons.